The lowest BCUT2D eigenvalue weighted by molar-refractivity contribution is 0.0999. The van der Waals surface area contributed by atoms with Crippen molar-refractivity contribution in [2.75, 3.05) is 0 Å². The van der Waals surface area contributed by atoms with Crippen LogP contribution in [0.2, 0.25) is 0 Å². The molecule has 0 aliphatic carbocycles. The standard InChI is InChI=1S/C24H36N2O2/c1-14(2)13-26-15(3)17(22(25)28)12-20(26)16-10-18(23(4,5)6)21(27)19(11-16)24(7,8)9/h10-12,14,27H,13H2,1-9H3,(H2,25,28). The van der Waals surface area contributed by atoms with Gasteiger partial charge in [-0.2, -0.15) is 0 Å². The monoisotopic (exact) mass is 384 g/mol. The molecular weight excluding hydrogens is 348 g/mol. The number of aromatic hydroxyl groups is 1. The molecule has 0 spiro atoms. The third kappa shape index (κ3) is 4.26. The Kier molecular flexibility index (Phi) is 5.76. The van der Waals surface area contributed by atoms with Crippen LogP contribution in [0.25, 0.3) is 11.3 Å². The van der Waals surface area contributed by atoms with Crippen LogP contribution >= 0.6 is 0 Å². The summed E-state index contributed by atoms with van der Waals surface area (Å²) in [6.45, 7) is 19.7. The van der Waals surface area contributed by atoms with Gasteiger partial charge in [0.1, 0.15) is 5.75 Å². The van der Waals surface area contributed by atoms with E-state index in [1.165, 1.54) is 0 Å². The summed E-state index contributed by atoms with van der Waals surface area (Å²) in [5.74, 6) is 0.372. The highest BCUT2D eigenvalue weighted by atomic mass is 16.3. The molecular formula is C24H36N2O2. The summed E-state index contributed by atoms with van der Waals surface area (Å²) in [7, 11) is 0. The molecule has 4 nitrogen and oxygen atoms in total. The molecule has 28 heavy (non-hydrogen) atoms. The molecule has 0 atom stereocenters. The van der Waals surface area contributed by atoms with Crippen LogP contribution in [0.1, 0.15) is 82.6 Å². The third-order valence-corrected chi connectivity index (χ3v) is 5.20. The molecule has 1 heterocycles. The smallest absolute Gasteiger partial charge is 0.250 e. The first-order valence-electron chi connectivity index (χ1n) is 10.0. The van der Waals surface area contributed by atoms with Crippen molar-refractivity contribution in [3.63, 3.8) is 0 Å². The van der Waals surface area contributed by atoms with Crippen molar-refractivity contribution in [3.05, 3.63) is 40.6 Å². The van der Waals surface area contributed by atoms with E-state index in [4.69, 9.17) is 5.73 Å². The molecule has 0 radical (unpaired) electrons. The van der Waals surface area contributed by atoms with Gasteiger partial charge in [0.25, 0.3) is 5.91 Å². The number of benzene rings is 1. The molecule has 3 N–H and O–H groups in total. The van der Waals surface area contributed by atoms with Crippen LogP contribution in [-0.2, 0) is 17.4 Å². The van der Waals surface area contributed by atoms with E-state index >= 15 is 0 Å². The molecule has 0 bridgehead atoms. The molecule has 2 aromatic rings. The second kappa shape index (κ2) is 7.31. The Morgan fingerprint density at radius 2 is 1.50 bits per heavy atom. The maximum Gasteiger partial charge on any atom is 0.250 e. The summed E-state index contributed by atoms with van der Waals surface area (Å²) in [5.41, 5.74) is 10.4. The van der Waals surface area contributed by atoms with Crippen LogP contribution in [0.3, 0.4) is 0 Å². The minimum atomic E-state index is -0.410. The number of phenols is 1. The highest BCUT2D eigenvalue weighted by Gasteiger charge is 2.28. The number of amides is 1. The minimum absolute atomic E-state index is 0.211. The highest BCUT2D eigenvalue weighted by molar-refractivity contribution is 5.95. The normalized spacial score (nSPS) is 12.6. The van der Waals surface area contributed by atoms with Gasteiger partial charge in [-0.05, 0) is 47.4 Å². The lowest BCUT2D eigenvalue weighted by Gasteiger charge is -2.28. The second-order valence-electron chi connectivity index (χ2n) is 10.3. The maximum atomic E-state index is 12.0. The fraction of sp³-hybridized carbons (Fsp3) is 0.542. The Hall–Kier alpha value is -2.23. The van der Waals surface area contributed by atoms with E-state index in [2.05, 4.69) is 72.1 Å². The van der Waals surface area contributed by atoms with Gasteiger partial charge < -0.3 is 15.4 Å². The van der Waals surface area contributed by atoms with Crippen LogP contribution in [0.4, 0.5) is 0 Å². The van der Waals surface area contributed by atoms with Gasteiger partial charge in [-0.3, -0.25) is 4.79 Å². The Morgan fingerprint density at radius 3 is 1.86 bits per heavy atom. The Labute approximate surface area is 169 Å². The molecule has 1 amide bonds. The Morgan fingerprint density at radius 1 is 1.04 bits per heavy atom. The van der Waals surface area contributed by atoms with Crippen molar-refractivity contribution in [2.45, 2.75) is 79.7 Å². The molecule has 2 rings (SSSR count). The summed E-state index contributed by atoms with van der Waals surface area (Å²) in [4.78, 5) is 12.0. The summed E-state index contributed by atoms with van der Waals surface area (Å²) in [6, 6.07) is 6.01. The zero-order chi connectivity index (χ0) is 21.6. The average molecular weight is 385 g/mol. The van der Waals surface area contributed by atoms with E-state index in [0.717, 1.165) is 34.6 Å². The van der Waals surface area contributed by atoms with Gasteiger partial charge in [0.15, 0.2) is 0 Å². The van der Waals surface area contributed by atoms with Crippen molar-refractivity contribution in [1.29, 1.82) is 0 Å². The Balaban J connectivity index is 2.88. The summed E-state index contributed by atoms with van der Waals surface area (Å²) < 4.78 is 2.18. The van der Waals surface area contributed by atoms with Gasteiger partial charge in [0, 0.05) is 29.1 Å². The molecule has 1 aromatic heterocycles. The van der Waals surface area contributed by atoms with Gasteiger partial charge in [-0.1, -0.05) is 55.4 Å². The first kappa shape index (κ1) is 22.1. The number of nitrogens with zero attached hydrogens (tertiary/aromatic N) is 1. The lowest BCUT2D eigenvalue weighted by atomic mass is 9.78. The predicted molar refractivity (Wildman–Crippen MR) is 117 cm³/mol. The van der Waals surface area contributed by atoms with Crippen molar-refractivity contribution < 1.29 is 9.90 Å². The van der Waals surface area contributed by atoms with Crippen molar-refractivity contribution in [2.24, 2.45) is 11.7 Å². The van der Waals surface area contributed by atoms with Crippen LogP contribution < -0.4 is 5.73 Å². The zero-order valence-corrected chi connectivity index (χ0v) is 18.9. The summed E-state index contributed by atoms with van der Waals surface area (Å²) in [5, 5.41) is 11.0. The Bertz CT molecular complexity index is 856. The van der Waals surface area contributed by atoms with Crippen molar-refractivity contribution in [1.82, 2.24) is 4.57 Å². The average Bonchev–Trinajstić information content (AvgIpc) is 2.82. The quantitative estimate of drug-likeness (QED) is 0.729. The number of carbonyl (C=O) groups is 1. The fourth-order valence-corrected chi connectivity index (χ4v) is 3.66. The van der Waals surface area contributed by atoms with E-state index in [9.17, 15) is 9.90 Å². The summed E-state index contributed by atoms with van der Waals surface area (Å²) in [6.07, 6.45) is 0. The predicted octanol–water partition coefficient (Wildman–Crippen LogP) is 5.52. The van der Waals surface area contributed by atoms with Gasteiger partial charge in [0.2, 0.25) is 0 Å². The van der Waals surface area contributed by atoms with E-state index in [-0.39, 0.29) is 10.8 Å². The number of rotatable bonds is 4. The maximum absolute atomic E-state index is 12.0. The molecule has 1 aromatic carbocycles. The SMILES string of the molecule is Cc1c(C(N)=O)cc(-c2cc(C(C)(C)C)c(O)c(C(C)(C)C)c2)n1CC(C)C. The number of carbonyl (C=O) groups excluding carboxylic acids is 1. The zero-order valence-electron chi connectivity index (χ0n) is 18.9. The number of hydrogen-bond donors (Lipinski definition) is 2. The van der Waals surface area contributed by atoms with E-state index < -0.39 is 5.91 Å². The van der Waals surface area contributed by atoms with Crippen molar-refractivity contribution >= 4 is 5.91 Å². The second-order valence-corrected chi connectivity index (χ2v) is 10.3. The fourth-order valence-electron chi connectivity index (χ4n) is 3.66. The van der Waals surface area contributed by atoms with Crippen molar-refractivity contribution in [3.8, 4) is 17.0 Å². The van der Waals surface area contributed by atoms with Gasteiger partial charge in [-0.25, -0.2) is 0 Å². The largest absolute Gasteiger partial charge is 0.507 e. The topological polar surface area (TPSA) is 68.2 Å². The van der Waals surface area contributed by atoms with E-state index in [1.54, 1.807) is 0 Å². The first-order chi connectivity index (χ1) is 12.6. The van der Waals surface area contributed by atoms with Crippen LogP contribution in [-0.4, -0.2) is 15.6 Å². The van der Waals surface area contributed by atoms with Gasteiger partial charge in [-0.15, -0.1) is 0 Å². The molecule has 0 aliphatic rings. The number of aromatic nitrogens is 1. The number of primary amides is 1. The first-order valence-corrected chi connectivity index (χ1v) is 10.0. The third-order valence-electron chi connectivity index (χ3n) is 5.20. The van der Waals surface area contributed by atoms with Crippen LogP contribution in [0.5, 0.6) is 5.75 Å². The molecule has 154 valence electrons. The minimum Gasteiger partial charge on any atom is -0.507 e. The number of nitrogens with two attached hydrogens (primary N) is 1. The van der Waals surface area contributed by atoms with Gasteiger partial charge in [0.05, 0.1) is 5.56 Å². The van der Waals surface area contributed by atoms with Crippen LogP contribution in [0, 0.1) is 12.8 Å². The molecule has 0 aliphatic heterocycles. The van der Waals surface area contributed by atoms with E-state index in [0.29, 0.717) is 17.2 Å². The molecule has 0 fully saturated rings. The van der Waals surface area contributed by atoms with E-state index in [1.807, 2.05) is 13.0 Å². The van der Waals surface area contributed by atoms with Gasteiger partial charge >= 0.3 is 0 Å². The number of hydrogen-bond acceptors (Lipinski definition) is 2. The molecule has 4 heteroatoms. The molecule has 0 saturated heterocycles. The lowest BCUT2D eigenvalue weighted by Crippen LogP contribution is -2.18. The van der Waals surface area contributed by atoms with Crippen LogP contribution in [0.15, 0.2) is 18.2 Å². The highest BCUT2D eigenvalue weighted by Crippen LogP contribution is 2.42. The molecule has 0 unspecified atom stereocenters. The molecule has 0 saturated carbocycles. The number of phenolic OH excluding ortho intramolecular Hbond substituents is 1. The summed E-state index contributed by atoms with van der Waals surface area (Å²) >= 11 is 0.